The Kier molecular flexibility index (Phi) is 2.14. The molecule has 0 aliphatic carbocycles. The number of hydrogen-bond acceptors (Lipinski definition) is 0. The van der Waals surface area contributed by atoms with E-state index in [1.807, 2.05) is 0 Å². The van der Waals surface area contributed by atoms with Crippen LogP contribution in [0.25, 0.3) is 13.2 Å². The first-order chi connectivity index (χ1) is 5.46. The van der Waals surface area contributed by atoms with Gasteiger partial charge in [-0.25, -0.2) is 0 Å². The molecule has 66 valence electrons. The van der Waals surface area contributed by atoms with Crippen molar-refractivity contribution in [3.8, 4) is 0 Å². The van der Waals surface area contributed by atoms with E-state index in [1.165, 1.54) is 11.1 Å². The fourth-order valence-corrected chi connectivity index (χ4v) is 1.58. The molecule has 1 rings (SSSR count). The fourth-order valence-electron chi connectivity index (χ4n) is 1.58. The molecule has 1 heterocycles. The molecule has 0 amide bonds. The molecule has 0 unspecified atom stereocenters. The van der Waals surface area contributed by atoms with E-state index in [4.69, 9.17) is 0 Å². The van der Waals surface area contributed by atoms with Gasteiger partial charge in [-0.3, -0.25) is 0 Å². The van der Waals surface area contributed by atoms with Crippen LogP contribution in [-0.4, -0.2) is 4.57 Å². The van der Waals surface area contributed by atoms with Crippen LogP contribution in [0.2, 0.25) is 0 Å². The lowest BCUT2D eigenvalue weighted by Crippen LogP contribution is -2.27. The molecule has 0 atom stereocenters. The molecular formula is C11H17N. The second-order valence-electron chi connectivity index (χ2n) is 3.61. The van der Waals surface area contributed by atoms with Gasteiger partial charge in [0.15, 0.2) is 0 Å². The van der Waals surface area contributed by atoms with Crippen LogP contribution in [0.1, 0.15) is 31.0 Å². The van der Waals surface area contributed by atoms with Crippen LogP contribution in [-0.2, 0) is 0 Å². The van der Waals surface area contributed by atoms with Gasteiger partial charge in [-0.1, -0.05) is 13.2 Å². The van der Waals surface area contributed by atoms with Crippen LogP contribution in [0.3, 0.4) is 0 Å². The van der Waals surface area contributed by atoms with Crippen LogP contribution >= 0.6 is 0 Å². The first kappa shape index (κ1) is 9.11. The summed E-state index contributed by atoms with van der Waals surface area (Å²) in [5.41, 5.74) is 2.54. The molecule has 0 radical (unpaired) electrons. The molecule has 1 nitrogen and oxygen atoms in total. The minimum absolute atomic E-state index is 0.456. The SMILES string of the molecule is C=c1c(C)c(C)c(=C)n1C(C)C. The summed E-state index contributed by atoms with van der Waals surface area (Å²) in [4.78, 5) is 0. The van der Waals surface area contributed by atoms with E-state index in [0.29, 0.717) is 6.04 Å². The summed E-state index contributed by atoms with van der Waals surface area (Å²) < 4.78 is 2.19. The molecule has 0 bridgehead atoms. The van der Waals surface area contributed by atoms with Gasteiger partial charge in [-0.2, -0.15) is 0 Å². The summed E-state index contributed by atoms with van der Waals surface area (Å²) in [6.45, 7) is 16.6. The molecule has 0 N–H and O–H groups in total. The molecule has 0 fully saturated rings. The summed E-state index contributed by atoms with van der Waals surface area (Å²) in [6.07, 6.45) is 0. The van der Waals surface area contributed by atoms with E-state index < -0.39 is 0 Å². The minimum Gasteiger partial charge on any atom is -0.339 e. The van der Waals surface area contributed by atoms with Gasteiger partial charge in [-0.15, -0.1) is 0 Å². The molecule has 1 heteroatoms. The predicted octanol–water partition coefficient (Wildman–Crippen LogP) is 1.51. The Morgan fingerprint density at radius 2 is 1.33 bits per heavy atom. The molecule has 1 aromatic rings. The summed E-state index contributed by atoms with van der Waals surface area (Å²) in [5.74, 6) is 0. The zero-order chi connectivity index (χ0) is 9.46. The van der Waals surface area contributed by atoms with E-state index >= 15 is 0 Å². The van der Waals surface area contributed by atoms with Gasteiger partial charge in [0.2, 0.25) is 0 Å². The first-order valence-corrected chi connectivity index (χ1v) is 4.32. The van der Waals surface area contributed by atoms with E-state index in [0.717, 1.165) is 10.7 Å². The third kappa shape index (κ3) is 1.09. The highest BCUT2D eigenvalue weighted by Crippen LogP contribution is 2.00. The minimum atomic E-state index is 0.456. The Balaban J connectivity index is 3.61. The van der Waals surface area contributed by atoms with Crippen molar-refractivity contribution < 1.29 is 0 Å². The summed E-state index contributed by atoms with van der Waals surface area (Å²) >= 11 is 0. The Morgan fingerprint density at radius 1 is 1.00 bits per heavy atom. The molecule has 12 heavy (non-hydrogen) atoms. The van der Waals surface area contributed by atoms with Gasteiger partial charge in [0, 0.05) is 16.7 Å². The van der Waals surface area contributed by atoms with Crippen molar-refractivity contribution in [1.82, 2.24) is 4.57 Å². The van der Waals surface area contributed by atoms with E-state index in [9.17, 15) is 0 Å². The van der Waals surface area contributed by atoms with Gasteiger partial charge in [0.25, 0.3) is 0 Å². The summed E-state index contributed by atoms with van der Waals surface area (Å²) in [5, 5.41) is 2.21. The first-order valence-electron chi connectivity index (χ1n) is 4.32. The predicted molar refractivity (Wildman–Crippen MR) is 54.6 cm³/mol. The summed E-state index contributed by atoms with van der Waals surface area (Å²) in [6, 6.07) is 0.456. The Bertz CT molecular complexity index is 349. The lowest BCUT2D eigenvalue weighted by atomic mass is 10.2. The highest BCUT2D eigenvalue weighted by atomic mass is 15.0. The second kappa shape index (κ2) is 2.81. The molecule has 0 saturated heterocycles. The average Bonchev–Trinajstić information content (AvgIpc) is 2.16. The molecule has 0 spiro atoms. The molecule has 1 aromatic heterocycles. The highest BCUT2D eigenvalue weighted by molar-refractivity contribution is 5.29. The second-order valence-corrected chi connectivity index (χ2v) is 3.61. The maximum Gasteiger partial charge on any atom is 0.0373 e. The molecule has 0 aromatic carbocycles. The van der Waals surface area contributed by atoms with Crippen molar-refractivity contribution in [3.63, 3.8) is 0 Å². The maximum atomic E-state index is 4.05. The van der Waals surface area contributed by atoms with Crippen molar-refractivity contribution in [1.29, 1.82) is 0 Å². The normalized spacial score (nSPS) is 11.1. The number of nitrogens with zero attached hydrogens (tertiary/aromatic N) is 1. The van der Waals surface area contributed by atoms with Crippen LogP contribution < -0.4 is 10.7 Å². The third-order valence-corrected chi connectivity index (χ3v) is 2.53. The Hall–Kier alpha value is -0.980. The van der Waals surface area contributed by atoms with Crippen molar-refractivity contribution in [2.45, 2.75) is 33.7 Å². The largest absolute Gasteiger partial charge is 0.339 e. The quantitative estimate of drug-likeness (QED) is 0.591. The van der Waals surface area contributed by atoms with Crippen LogP contribution in [0.5, 0.6) is 0 Å². The maximum absolute atomic E-state index is 4.05. The highest BCUT2D eigenvalue weighted by Gasteiger charge is 2.06. The van der Waals surface area contributed by atoms with Gasteiger partial charge >= 0.3 is 0 Å². The summed E-state index contributed by atoms with van der Waals surface area (Å²) in [7, 11) is 0. The number of aromatic nitrogens is 1. The number of rotatable bonds is 1. The standard InChI is InChI=1S/C11H17N/c1-7(2)12-10(5)8(3)9(4)11(12)6/h7H,5-6H2,1-4H3. The third-order valence-electron chi connectivity index (χ3n) is 2.53. The number of hydrogen-bond donors (Lipinski definition) is 0. The van der Waals surface area contributed by atoms with E-state index in [2.05, 4.69) is 45.4 Å². The smallest absolute Gasteiger partial charge is 0.0373 e. The van der Waals surface area contributed by atoms with Gasteiger partial charge < -0.3 is 4.57 Å². The molecule has 0 saturated carbocycles. The molecule has 0 aliphatic rings. The Morgan fingerprint density at radius 3 is 1.50 bits per heavy atom. The van der Waals surface area contributed by atoms with Crippen LogP contribution in [0.4, 0.5) is 0 Å². The van der Waals surface area contributed by atoms with Crippen LogP contribution in [0.15, 0.2) is 0 Å². The van der Waals surface area contributed by atoms with E-state index in [1.54, 1.807) is 0 Å². The van der Waals surface area contributed by atoms with Crippen LogP contribution in [0, 0.1) is 13.8 Å². The van der Waals surface area contributed by atoms with Gasteiger partial charge in [0.1, 0.15) is 0 Å². The fraction of sp³-hybridized carbons (Fsp3) is 0.455. The topological polar surface area (TPSA) is 4.93 Å². The van der Waals surface area contributed by atoms with Gasteiger partial charge in [-0.05, 0) is 38.8 Å². The lowest BCUT2D eigenvalue weighted by Gasteiger charge is -2.07. The van der Waals surface area contributed by atoms with Crippen molar-refractivity contribution >= 4 is 13.2 Å². The van der Waals surface area contributed by atoms with Crippen molar-refractivity contribution in [2.75, 3.05) is 0 Å². The lowest BCUT2D eigenvalue weighted by molar-refractivity contribution is 0.574. The Labute approximate surface area is 74.0 Å². The van der Waals surface area contributed by atoms with Crippen molar-refractivity contribution in [3.05, 3.63) is 21.8 Å². The zero-order valence-corrected chi connectivity index (χ0v) is 8.44. The van der Waals surface area contributed by atoms with Crippen molar-refractivity contribution in [2.24, 2.45) is 0 Å². The molecule has 0 aliphatic heterocycles. The average molecular weight is 163 g/mol. The monoisotopic (exact) mass is 163 g/mol. The molecular weight excluding hydrogens is 146 g/mol. The van der Waals surface area contributed by atoms with E-state index in [-0.39, 0.29) is 0 Å². The zero-order valence-electron chi connectivity index (χ0n) is 8.44. The van der Waals surface area contributed by atoms with Gasteiger partial charge in [0.05, 0.1) is 0 Å².